The fourth-order valence-corrected chi connectivity index (χ4v) is 3.84. The van der Waals surface area contributed by atoms with E-state index < -0.39 is 54.4 Å². The molecule has 0 spiro atoms. The van der Waals surface area contributed by atoms with Gasteiger partial charge in [0.05, 0.1) is 6.20 Å². The molecular formula is C25H28N2O10. The van der Waals surface area contributed by atoms with Crippen LogP contribution in [0.25, 0.3) is 0 Å². The molecule has 1 saturated heterocycles. The number of nitrogens with zero attached hydrogens (tertiary/aromatic N) is 1. The number of ether oxygens (including phenoxy) is 6. The third kappa shape index (κ3) is 7.64. The molecule has 12 heteroatoms. The molecule has 198 valence electrons. The summed E-state index contributed by atoms with van der Waals surface area (Å²) in [7, 11) is 0. The van der Waals surface area contributed by atoms with E-state index in [1.54, 1.807) is 36.4 Å². The quantitative estimate of drug-likeness (QED) is 0.403. The third-order valence-corrected chi connectivity index (χ3v) is 5.17. The molecule has 0 aliphatic carbocycles. The maximum atomic E-state index is 12.0. The number of carbonyl (C=O) groups excluding carboxylic acids is 4. The van der Waals surface area contributed by atoms with E-state index in [1.165, 1.54) is 20.0 Å². The van der Waals surface area contributed by atoms with E-state index in [9.17, 15) is 19.2 Å². The van der Waals surface area contributed by atoms with Gasteiger partial charge in [-0.2, -0.15) is 0 Å². The molecular weight excluding hydrogens is 488 g/mol. The second-order valence-corrected chi connectivity index (χ2v) is 8.21. The van der Waals surface area contributed by atoms with Crippen molar-refractivity contribution in [2.24, 2.45) is 0 Å². The van der Waals surface area contributed by atoms with Crippen molar-refractivity contribution in [2.45, 2.75) is 58.2 Å². The van der Waals surface area contributed by atoms with E-state index in [-0.39, 0.29) is 6.61 Å². The highest BCUT2D eigenvalue weighted by Crippen LogP contribution is 2.39. The van der Waals surface area contributed by atoms with Crippen molar-refractivity contribution in [1.82, 2.24) is 4.98 Å². The van der Waals surface area contributed by atoms with Crippen molar-refractivity contribution in [3.63, 3.8) is 0 Å². The maximum absolute atomic E-state index is 12.0. The molecule has 2 heterocycles. The van der Waals surface area contributed by atoms with Crippen LogP contribution in [0.1, 0.15) is 39.4 Å². The van der Waals surface area contributed by atoms with Crippen LogP contribution < -0.4 is 10.5 Å². The molecule has 1 fully saturated rings. The van der Waals surface area contributed by atoms with Gasteiger partial charge in [-0.15, -0.1) is 0 Å². The van der Waals surface area contributed by atoms with Gasteiger partial charge in [0.15, 0.2) is 18.3 Å². The molecule has 2 N–H and O–H groups in total. The van der Waals surface area contributed by atoms with Gasteiger partial charge >= 0.3 is 23.9 Å². The van der Waals surface area contributed by atoms with Crippen LogP contribution >= 0.6 is 0 Å². The Morgan fingerprint density at radius 2 is 1.49 bits per heavy atom. The van der Waals surface area contributed by atoms with Gasteiger partial charge < -0.3 is 34.2 Å². The van der Waals surface area contributed by atoms with Crippen molar-refractivity contribution < 1.29 is 47.6 Å². The van der Waals surface area contributed by atoms with Crippen LogP contribution in [-0.2, 0) is 42.9 Å². The lowest BCUT2D eigenvalue weighted by Crippen LogP contribution is -2.59. The van der Waals surface area contributed by atoms with Crippen LogP contribution in [0.15, 0.2) is 42.6 Å². The number of nitrogens with two attached hydrogens (primary N) is 1. The monoisotopic (exact) mass is 516 g/mol. The highest BCUT2D eigenvalue weighted by Gasteiger charge is 2.52. The minimum atomic E-state index is -1.27. The zero-order valence-corrected chi connectivity index (χ0v) is 20.7. The van der Waals surface area contributed by atoms with Crippen LogP contribution in [0.2, 0.25) is 0 Å². The Morgan fingerprint density at radius 3 is 2.08 bits per heavy atom. The summed E-state index contributed by atoms with van der Waals surface area (Å²) in [5, 5.41) is 0. The van der Waals surface area contributed by atoms with E-state index in [4.69, 9.17) is 34.2 Å². The molecule has 12 nitrogen and oxygen atoms in total. The van der Waals surface area contributed by atoms with Crippen LogP contribution in [-0.4, -0.2) is 59.9 Å². The van der Waals surface area contributed by atoms with E-state index in [1.807, 2.05) is 0 Å². The number of hydrogen-bond donors (Lipinski definition) is 1. The van der Waals surface area contributed by atoms with E-state index in [2.05, 4.69) is 4.98 Å². The molecule has 37 heavy (non-hydrogen) atoms. The summed E-state index contributed by atoms with van der Waals surface area (Å²) in [6, 6.07) is 9.92. The van der Waals surface area contributed by atoms with Gasteiger partial charge in [0.2, 0.25) is 0 Å². The molecule has 3 rings (SSSR count). The summed E-state index contributed by atoms with van der Waals surface area (Å²) in [5.74, 6) is -1.54. The normalized spacial score (nSPS) is 22.9. The van der Waals surface area contributed by atoms with Crippen LogP contribution in [0.5, 0.6) is 11.5 Å². The summed E-state index contributed by atoms with van der Waals surface area (Å²) in [6.45, 7) is 4.39. The molecule has 1 aliphatic rings. The second-order valence-electron chi connectivity index (χ2n) is 8.21. The predicted molar refractivity (Wildman–Crippen MR) is 126 cm³/mol. The number of pyridine rings is 1. The summed E-state index contributed by atoms with van der Waals surface area (Å²) >= 11 is 0. The van der Waals surface area contributed by atoms with Gasteiger partial charge in [-0.25, -0.2) is 4.98 Å². The van der Waals surface area contributed by atoms with Gasteiger partial charge in [-0.3, -0.25) is 19.2 Å². The Labute approximate surface area is 212 Å². The van der Waals surface area contributed by atoms with E-state index in [0.717, 1.165) is 13.8 Å². The lowest BCUT2D eigenvalue weighted by atomic mass is 9.90. The number of esters is 4. The van der Waals surface area contributed by atoms with E-state index in [0.29, 0.717) is 22.9 Å². The van der Waals surface area contributed by atoms with Crippen molar-refractivity contribution in [1.29, 1.82) is 0 Å². The van der Waals surface area contributed by atoms with E-state index >= 15 is 0 Å². The molecule has 1 aliphatic heterocycles. The SMILES string of the molecule is CC(=O)OCC1OC(c2cccc(Oc3ccc(N)nc3)c2)C(OC(C)=O)C(OC(C)=O)C1OC(C)=O. The Bertz CT molecular complexity index is 1140. The number of benzene rings is 1. The summed E-state index contributed by atoms with van der Waals surface area (Å²) in [4.78, 5) is 51.4. The zero-order valence-electron chi connectivity index (χ0n) is 20.7. The molecule has 5 unspecified atom stereocenters. The average Bonchev–Trinajstić information content (AvgIpc) is 2.81. The first-order valence-corrected chi connectivity index (χ1v) is 11.3. The van der Waals surface area contributed by atoms with Gasteiger partial charge in [-0.1, -0.05) is 12.1 Å². The summed E-state index contributed by atoms with van der Waals surface area (Å²) in [6.07, 6.45) is -4.34. The van der Waals surface area contributed by atoms with Gasteiger partial charge in [0, 0.05) is 27.7 Å². The largest absolute Gasteiger partial charge is 0.463 e. The van der Waals surface area contributed by atoms with Crippen molar-refractivity contribution in [2.75, 3.05) is 12.3 Å². The number of rotatable bonds is 8. The third-order valence-electron chi connectivity index (χ3n) is 5.17. The smallest absolute Gasteiger partial charge is 0.303 e. The summed E-state index contributed by atoms with van der Waals surface area (Å²) < 4.78 is 33.5. The first kappa shape index (κ1) is 27.4. The van der Waals surface area contributed by atoms with Crippen molar-refractivity contribution in [3.8, 4) is 11.5 Å². The summed E-state index contributed by atoms with van der Waals surface area (Å²) in [5.41, 5.74) is 6.10. The number of nitrogen functional groups attached to an aromatic ring is 1. The number of aromatic nitrogens is 1. The van der Waals surface area contributed by atoms with Gasteiger partial charge in [0.25, 0.3) is 0 Å². The Hall–Kier alpha value is -4.19. The fraction of sp³-hybridized carbons (Fsp3) is 0.400. The highest BCUT2D eigenvalue weighted by molar-refractivity contribution is 5.69. The minimum Gasteiger partial charge on any atom is -0.463 e. The Balaban J connectivity index is 2.02. The maximum Gasteiger partial charge on any atom is 0.303 e. The Morgan fingerprint density at radius 1 is 0.838 bits per heavy atom. The minimum absolute atomic E-state index is 0.318. The highest BCUT2D eigenvalue weighted by atomic mass is 16.7. The topological polar surface area (TPSA) is 163 Å². The predicted octanol–water partition coefficient (Wildman–Crippen LogP) is 2.25. The standard InChI is InChI=1S/C25H28N2O10/c1-13(28)32-12-20-23(33-14(2)29)25(35-16(4)31)24(34-15(3)30)22(37-20)17-6-5-7-18(10-17)36-19-8-9-21(26)27-11-19/h5-11,20,22-25H,12H2,1-4H3,(H2,26,27). The van der Waals surface area contributed by atoms with Crippen LogP contribution in [0, 0.1) is 0 Å². The first-order valence-electron chi connectivity index (χ1n) is 11.3. The lowest BCUT2D eigenvalue weighted by Gasteiger charge is -2.44. The average molecular weight is 517 g/mol. The van der Waals surface area contributed by atoms with Gasteiger partial charge in [0.1, 0.15) is 36.1 Å². The van der Waals surface area contributed by atoms with Crippen LogP contribution in [0.4, 0.5) is 5.82 Å². The number of carbonyl (C=O) groups is 4. The zero-order chi connectivity index (χ0) is 27.1. The van der Waals surface area contributed by atoms with Crippen molar-refractivity contribution in [3.05, 3.63) is 48.2 Å². The molecule has 0 amide bonds. The first-order chi connectivity index (χ1) is 17.5. The second kappa shape index (κ2) is 12.2. The molecule has 1 aromatic carbocycles. The lowest BCUT2D eigenvalue weighted by molar-refractivity contribution is -0.254. The Kier molecular flexibility index (Phi) is 9.01. The van der Waals surface area contributed by atoms with Crippen LogP contribution in [0.3, 0.4) is 0 Å². The van der Waals surface area contributed by atoms with Gasteiger partial charge in [-0.05, 0) is 29.8 Å². The fourth-order valence-electron chi connectivity index (χ4n) is 3.84. The molecule has 0 radical (unpaired) electrons. The van der Waals surface area contributed by atoms with Crippen molar-refractivity contribution >= 4 is 29.7 Å². The molecule has 5 atom stereocenters. The number of hydrogen-bond acceptors (Lipinski definition) is 12. The number of anilines is 1. The molecule has 0 saturated carbocycles. The molecule has 0 bridgehead atoms. The molecule has 1 aromatic heterocycles. The molecule has 2 aromatic rings.